The van der Waals surface area contributed by atoms with Crippen LogP contribution >= 0.6 is 0 Å². The van der Waals surface area contributed by atoms with Crippen LogP contribution in [0.15, 0.2) is 68.4 Å². The maximum Gasteiger partial charge on any atom is 0.305 e. The molecule has 1 unspecified atom stereocenters. The number of carboxylic acid groups (broad SMARTS) is 1. The molecule has 1 atom stereocenters. The number of nitrogens with one attached hydrogen (secondary N) is 2. The smallest absolute Gasteiger partial charge is 0.305 e. The zero-order valence-electron chi connectivity index (χ0n) is 50.5. The molecular weight excluding hydrogens is 1210 g/mol. The Bertz CT molecular complexity index is 3820. The van der Waals surface area contributed by atoms with E-state index in [-0.39, 0.29) is 84.4 Å². The monoisotopic (exact) mass is 1280 g/mol. The highest BCUT2D eigenvalue weighted by Crippen LogP contribution is 2.37. The number of aromatic amines is 2. The molecule has 0 bridgehead atoms. The molecule has 2 fully saturated rings. The van der Waals surface area contributed by atoms with Gasteiger partial charge in [-0.2, -0.15) is 18.8 Å². The molecule has 4 N–H and O–H groups in total. The van der Waals surface area contributed by atoms with Crippen molar-refractivity contribution < 1.29 is 70.7 Å². The number of carboxylic acids is 1. The Morgan fingerprint density at radius 3 is 1.62 bits per heavy atom. The lowest BCUT2D eigenvalue weighted by Gasteiger charge is -2.38. The number of nitrogens with zero attached hydrogens (tertiary/aromatic N) is 10. The number of aromatic nitrogens is 8. The highest BCUT2D eigenvalue weighted by atomic mass is 32.2. The maximum absolute atomic E-state index is 13.5. The van der Waals surface area contributed by atoms with Crippen LogP contribution in [0, 0.1) is 32.1 Å². The van der Waals surface area contributed by atoms with Crippen LogP contribution in [0.1, 0.15) is 103 Å². The molecule has 6 aromatic rings. The minimum absolute atomic E-state index is 0.0130. The van der Waals surface area contributed by atoms with Gasteiger partial charge in [0.2, 0.25) is 20.0 Å². The van der Waals surface area contributed by atoms with E-state index in [0.717, 1.165) is 25.0 Å². The first-order valence-corrected chi connectivity index (χ1v) is 31.9. The minimum Gasteiger partial charge on any atom is -0.493 e. The summed E-state index contributed by atoms with van der Waals surface area (Å²) in [4.78, 5) is 91.9. The van der Waals surface area contributed by atoms with Crippen LogP contribution in [-0.4, -0.2) is 163 Å². The molecule has 2 aliphatic rings. The molecule has 0 spiro atoms. The van der Waals surface area contributed by atoms with Crippen molar-refractivity contribution in [3.05, 3.63) is 101 Å². The maximum atomic E-state index is 13.5. The third-order valence-corrected chi connectivity index (χ3v) is 17.9. The van der Waals surface area contributed by atoms with E-state index in [1.165, 1.54) is 42.2 Å². The number of H-pyrrole nitrogens is 2. The Morgan fingerprint density at radius 1 is 0.753 bits per heavy atom. The molecule has 31 nitrogen and oxygen atoms in total. The van der Waals surface area contributed by atoms with E-state index >= 15 is 0 Å². The molecule has 4 aromatic heterocycles. The number of aliphatic hydroxyl groups is 1. The van der Waals surface area contributed by atoms with E-state index in [0.29, 0.717) is 115 Å². The molecule has 0 amide bonds. The number of hydrogen-bond donors (Lipinski definition) is 4. The summed E-state index contributed by atoms with van der Waals surface area (Å²) in [6.07, 6.45) is 5.97. The first-order chi connectivity index (χ1) is 42.4. The van der Waals surface area contributed by atoms with Gasteiger partial charge in [0.05, 0.1) is 52.1 Å². The largest absolute Gasteiger partial charge is 0.493 e. The Hall–Kier alpha value is -8.40. The Kier molecular flexibility index (Phi) is 25.2. The van der Waals surface area contributed by atoms with Gasteiger partial charge in [0, 0.05) is 59.7 Å². The Labute approximate surface area is 512 Å². The van der Waals surface area contributed by atoms with Crippen LogP contribution in [0.2, 0.25) is 0 Å². The van der Waals surface area contributed by atoms with E-state index in [2.05, 4.69) is 46.4 Å². The molecule has 6 heterocycles. The third kappa shape index (κ3) is 18.1. The molecule has 2 saturated heterocycles. The SMILES string of the molecule is C=CCCC(=O)O.CCCc1nn(C)c2c(=O)[nH]c(-c3cc(S(=O)(=O)N4CC(CCCO)C4)ccc3OCC)nc12.CCCc1nn(C)c2c(=O)[nH]c(-c3cc(S(=O)(=O)N4CC(CCCOC(=O)CCC(CO[N+](=O)[O-])O[N+](=O)[O-])C4)ccc3OCC)nc12. The third-order valence-electron chi connectivity index (χ3n) is 14.3. The lowest BCUT2D eigenvalue weighted by molar-refractivity contribution is -0.790. The number of rotatable bonds is 32. The van der Waals surface area contributed by atoms with E-state index < -0.39 is 60.4 Å². The second-order valence-electron chi connectivity index (χ2n) is 20.9. The molecule has 8 rings (SSSR count). The van der Waals surface area contributed by atoms with Gasteiger partial charge in [-0.25, -0.2) is 26.8 Å². The second-order valence-corrected chi connectivity index (χ2v) is 24.8. The fourth-order valence-electron chi connectivity index (χ4n) is 9.88. The summed E-state index contributed by atoms with van der Waals surface area (Å²) >= 11 is 0. The number of aryl methyl sites for hydroxylation is 4. The average Bonchev–Trinajstić information content (AvgIpc) is 1.83. The van der Waals surface area contributed by atoms with Crippen molar-refractivity contribution in [3.8, 4) is 34.3 Å². The fraction of sp³-hybridized carbons (Fsp3) is 0.536. The number of carbonyl (C=O) groups is 2. The first-order valence-electron chi connectivity index (χ1n) is 29.0. The van der Waals surface area contributed by atoms with Crippen molar-refractivity contribution in [2.24, 2.45) is 25.9 Å². The van der Waals surface area contributed by atoms with Crippen molar-refractivity contribution >= 4 is 54.1 Å². The Morgan fingerprint density at radius 2 is 1.22 bits per heavy atom. The zero-order chi connectivity index (χ0) is 65.2. The van der Waals surface area contributed by atoms with Crippen LogP contribution < -0.4 is 20.6 Å². The quantitative estimate of drug-likeness (QED) is 0.0137. The summed E-state index contributed by atoms with van der Waals surface area (Å²) in [6.45, 7) is 12.5. The van der Waals surface area contributed by atoms with Gasteiger partial charge in [-0.05, 0) is 113 Å². The van der Waals surface area contributed by atoms with Crippen LogP contribution in [0.4, 0.5) is 0 Å². The second kappa shape index (κ2) is 32.2. The van der Waals surface area contributed by atoms with Crippen molar-refractivity contribution in [2.45, 2.75) is 121 Å². The number of benzene rings is 2. The van der Waals surface area contributed by atoms with Gasteiger partial charge >= 0.3 is 11.9 Å². The zero-order valence-corrected chi connectivity index (χ0v) is 52.1. The van der Waals surface area contributed by atoms with Gasteiger partial charge in [0.1, 0.15) is 46.9 Å². The summed E-state index contributed by atoms with van der Waals surface area (Å²) in [5.74, 6) is 0.0638. The molecule has 33 heteroatoms. The van der Waals surface area contributed by atoms with Crippen molar-refractivity contribution in [1.82, 2.24) is 48.1 Å². The van der Waals surface area contributed by atoms with Gasteiger partial charge in [-0.3, -0.25) is 28.5 Å². The highest BCUT2D eigenvalue weighted by molar-refractivity contribution is 7.89. The number of aliphatic hydroxyl groups excluding tert-OH is 1. The summed E-state index contributed by atoms with van der Waals surface area (Å²) < 4.78 is 76.0. The van der Waals surface area contributed by atoms with Gasteiger partial charge in [0.25, 0.3) is 21.3 Å². The molecule has 89 heavy (non-hydrogen) atoms. The average molecular weight is 1290 g/mol. The molecule has 2 aromatic carbocycles. The molecular formula is C56H76N12O19S2. The van der Waals surface area contributed by atoms with Gasteiger partial charge in [-0.1, -0.05) is 32.8 Å². The number of fused-ring (bicyclic) bond motifs is 2. The number of allylic oxidation sites excluding steroid dienone is 1. The van der Waals surface area contributed by atoms with E-state index in [4.69, 9.17) is 24.4 Å². The molecule has 0 radical (unpaired) electrons. The molecule has 0 aliphatic carbocycles. The molecule has 486 valence electrons. The van der Waals surface area contributed by atoms with Crippen molar-refractivity contribution in [1.29, 1.82) is 0 Å². The van der Waals surface area contributed by atoms with Crippen LogP contribution in [-0.2, 0) is 71.0 Å². The van der Waals surface area contributed by atoms with Gasteiger partial charge < -0.3 is 44.1 Å². The number of hydrogen-bond acceptors (Lipinski definition) is 22. The number of carbonyl (C=O) groups excluding carboxylic acids is 1. The van der Waals surface area contributed by atoms with Crippen molar-refractivity contribution in [2.75, 3.05) is 59.2 Å². The fourth-order valence-corrected chi connectivity index (χ4v) is 13.1. The predicted molar refractivity (Wildman–Crippen MR) is 322 cm³/mol. The van der Waals surface area contributed by atoms with E-state index in [1.54, 1.807) is 39.2 Å². The highest BCUT2D eigenvalue weighted by Gasteiger charge is 2.38. The standard InChI is InChI=1S/C28H37N7O12S.C23H31N5O5S.C5H8O2/c1-4-7-22-25-26(32(3)31-22)28(37)30-27(29-25)21-14-20(10-11-23(21)44-5-2)48(42,43)33-15-18(16-33)8-6-13-45-24(36)12-9-19(47-35(40)41)17-46-34(38)39;1-4-7-18-20-21(27(3)26-18)23(30)25-22(24-20)17-12-16(9-10-19(17)33-5-2)34(31,32)28-13-15(14-28)8-6-11-29;1-2-3-4-5(6)7/h10-11,14,18-19H,4-9,12-13,15-17H2,1-3H3,(H,29,30,37);9-10,12,15,29H,4-8,11,13-14H2,1-3H3,(H,24,25,30);2H,1,3-4H2,(H,6,7). The van der Waals surface area contributed by atoms with Crippen LogP contribution in [0.25, 0.3) is 44.8 Å². The minimum atomic E-state index is -3.90. The number of sulfonamides is 2. The lowest BCUT2D eigenvalue weighted by atomic mass is 9.98. The summed E-state index contributed by atoms with van der Waals surface area (Å²) in [5.41, 5.74) is 3.02. The number of aliphatic carboxylic acids is 1. The predicted octanol–water partition coefficient (Wildman–Crippen LogP) is 5.29. The van der Waals surface area contributed by atoms with Crippen molar-refractivity contribution in [3.63, 3.8) is 0 Å². The normalized spacial score (nSPS) is 14.1. The Balaban J connectivity index is 0.000000267. The number of ether oxygens (including phenoxy) is 3. The van der Waals surface area contributed by atoms with Gasteiger partial charge in [0.15, 0.2) is 11.0 Å². The lowest BCUT2D eigenvalue weighted by Crippen LogP contribution is -2.49. The summed E-state index contributed by atoms with van der Waals surface area (Å²) in [7, 11) is -4.23. The van der Waals surface area contributed by atoms with Crippen LogP contribution in [0.3, 0.4) is 0 Å². The van der Waals surface area contributed by atoms with E-state index in [1.807, 2.05) is 20.8 Å². The number of esters is 1. The van der Waals surface area contributed by atoms with Gasteiger partial charge in [-0.15, -0.1) is 26.8 Å². The van der Waals surface area contributed by atoms with E-state index in [9.17, 15) is 56.2 Å². The summed E-state index contributed by atoms with van der Waals surface area (Å²) in [5, 5.41) is 44.5. The van der Waals surface area contributed by atoms with Crippen LogP contribution in [0.5, 0.6) is 11.5 Å². The molecule has 2 aliphatic heterocycles. The summed E-state index contributed by atoms with van der Waals surface area (Å²) in [6, 6.07) is 9.08. The topological polar surface area (TPSA) is 409 Å². The molecule has 0 saturated carbocycles. The first kappa shape index (κ1) is 69.7.